The van der Waals surface area contributed by atoms with Gasteiger partial charge in [0, 0.05) is 24.7 Å². The summed E-state index contributed by atoms with van der Waals surface area (Å²) in [6.45, 7) is 13.1. The van der Waals surface area contributed by atoms with Crippen molar-refractivity contribution in [3.05, 3.63) is 0 Å². The van der Waals surface area contributed by atoms with E-state index in [2.05, 4.69) is 34.6 Å². The molecule has 200 valence electrons. The molecule has 0 aromatic carbocycles. The van der Waals surface area contributed by atoms with Gasteiger partial charge >= 0.3 is 5.97 Å². The van der Waals surface area contributed by atoms with E-state index in [1.165, 1.54) is 12.8 Å². The molecule has 6 heteroatoms. The smallest absolute Gasteiger partial charge is 0.302 e. The molecule has 8 rings (SSSR count). The van der Waals surface area contributed by atoms with Crippen molar-refractivity contribution in [3.63, 3.8) is 0 Å². The molecule has 14 atom stereocenters. The molecule has 4 aliphatic heterocycles. The first-order chi connectivity index (χ1) is 16.9. The second-order valence-electron chi connectivity index (χ2n) is 15.1. The molecular formula is C30H44O6. The third-order valence-corrected chi connectivity index (χ3v) is 13.5. The Morgan fingerprint density at radius 2 is 1.78 bits per heavy atom. The van der Waals surface area contributed by atoms with E-state index < -0.39 is 11.4 Å². The Kier molecular flexibility index (Phi) is 4.33. The molecule has 0 N–H and O–H groups in total. The van der Waals surface area contributed by atoms with E-state index in [1.54, 1.807) is 6.92 Å². The van der Waals surface area contributed by atoms with Crippen LogP contribution in [0.25, 0.3) is 0 Å². The topological polar surface area (TPSA) is 63.2 Å². The summed E-state index contributed by atoms with van der Waals surface area (Å²) in [5.74, 6) is 2.46. The summed E-state index contributed by atoms with van der Waals surface area (Å²) in [5, 5.41) is 0. The second-order valence-corrected chi connectivity index (χ2v) is 15.1. The fraction of sp³-hybridized carbons (Fsp3) is 0.967. The molecule has 4 aliphatic carbocycles. The van der Waals surface area contributed by atoms with Gasteiger partial charge in [-0.2, -0.15) is 0 Å². The lowest BCUT2D eigenvalue weighted by Crippen LogP contribution is -2.59. The van der Waals surface area contributed by atoms with Crippen LogP contribution in [0.2, 0.25) is 0 Å². The average molecular weight is 501 g/mol. The lowest BCUT2D eigenvalue weighted by atomic mass is 9.44. The number of rotatable bonds is 1. The number of ether oxygens (including phenoxy) is 5. The Morgan fingerprint density at radius 1 is 0.972 bits per heavy atom. The summed E-state index contributed by atoms with van der Waals surface area (Å²) in [6, 6.07) is 0. The maximum atomic E-state index is 11.6. The Labute approximate surface area is 215 Å². The van der Waals surface area contributed by atoms with E-state index in [1.807, 2.05) is 0 Å². The molecule has 0 aromatic rings. The highest BCUT2D eigenvalue weighted by Crippen LogP contribution is 2.80. The molecule has 4 heterocycles. The van der Waals surface area contributed by atoms with Crippen molar-refractivity contribution in [2.24, 2.45) is 46.3 Å². The molecule has 0 aromatic heterocycles. The van der Waals surface area contributed by atoms with Crippen LogP contribution in [0.4, 0.5) is 0 Å². The van der Waals surface area contributed by atoms with Crippen LogP contribution in [0, 0.1) is 46.3 Å². The van der Waals surface area contributed by atoms with E-state index in [0.717, 1.165) is 38.5 Å². The van der Waals surface area contributed by atoms with Gasteiger partial charge in [0.15, 0.2) is 12.1 Å². The molecule has 36 heavy (non-hydrogen) atoms. The Balaban J connectivity index is 1.13. The average Bonchev–Trinajstić information content (AvgIpc) is 3.46. The number of hydrogen-bond donors (Lipinski definition) is 0. The summed E-state index contributed by atoms with van der Waals surface area (Å²) in [5.41, 5.74) is -0.327. The number of fused-ring (bicyclic) bond motifs is 7. The van der Waals surface area contributed by atoms with E-state index >= 15 is 0 Å². The van der Waals surface area contributed by atoms with E-state index in [-0.39, 0.29) is 47.0 Å². The highest BCUT2D eigenvalue weighted by atomic mass is 16.8. The van der Waals surface area contributed by atoms with Crippen molar-refractivity contribution in [1.29, 1.82) is 0 Å². The van der Waals surface area contributed by atoms with E-state index in [4.69, 9.17) is 23.7 Å². The van der Waals surface area contributed by atoms with Crippen LogP contribution < -0.4 is 0 Å². The van der Waals surface area contributed by atoms with Crippen molar-refractivity contribution >= 4 is 5.97 Å². The van der Waals surface area contributed by atoms with Crippen molar-refractivity contribution in [2.75, 3.05) is 0 Å². The standard InChI is InChI=1S/C30H44O6/c1-15-13-30(36-26(15,3)4)28(6)24-21(34-30)12-20-19-8-7-17-11-18(32-16(2)31)9-10-27(17,5)23(19)22-14-29(20,24)25(33-22)35-28/h15,17-25H,7-14H2,1-6H3/t15-,17+,18+,19+,20+,21-,22-,23+,24+,25+,27-,28+,29+,30-/m0/s1. The fourth-order valence-corrected chi connectivity index (χ4v) is 11.9. The van der Waals surface area contributed by atoms with Crippen LogP contribution in [0.3, 0.4) is 0 Å². The molecule has 0 amide bonds. The summed E-state index contributed by atoms with van der Waals surface area (Å²) in [6.07, 6.45) is 9.23. The quantitative estimate of drug-likeness (QED) is 0.460. The molecule has 8 fully saturated rings. The molecule has 2 bridgehead atoms. The monoisotopic (exact) mass is 500 g/mol. The van der Waals surface area contributed by atoms with Gasteiger partial charge in [-0.3, -0.25) is 4.79 Å². The van der Waals surface area contributed by atoms with E-state index in [9.17, 15) is 4.79 Å². The first-order valence-corrected chi connectivity index (χ1v) is 14.8. The minimum absolute atomic E-state index is 0.0756. The number of carbonyl (C=O) groups is 1. The molecule has 0 unspecified atom stereocenters. The first kappa shape index (κ1) is 23.2. The van der Waals surface area contributed by atoms with Gasteiger partial charge < -0.3 is 23.7 Å². The van der Waals surface area contributed by atoms with Gasteiger partial charge in [-0.1, -0.05) is 13.8 Å². The van der Waals surface area contributed by atoms with Crippen LogP contribution in [0.5, 0.6) is 0 Å². The third-order valence-electron chi connectivity index (χ3n) is 13.5. The summed E-state index contributed by atoms with van der Waals surface area (Å²) in [7, 11) is 0. The van der Waals surface area contributed by atoms with Gasteiger partial charge in [0.1, 0.15) is 11.7 Å². The SMILES string of the molecule is CC(=O)O[C@@H]1CC[C@@]2(C)[C@H](CC[C@H]3[C@@H]2[C@@H]2C[C@]45[C@H](O2)O[C@]2(C)[C@H]4[C@H](C[C@H]35)O[C@]23C[C@H](C)C(C)(C)O3)C1. The van der Waals surface area contributed by atoms with Crippen LogP contribution in [-0.2, 0) is 28.5 Å². The lowest BCUT2D eigenvalue weighted by Gasteiger charge is -2.60. The minimum atomic E-state index is -0.649. The zero-order valence-corrected chi connectivity index (χ0v) is 22.9. The highest BCUT2D eigenvalue weighted by molar-refractivity contribution is 5.66. The van der Waals surface area contributed by atoms with Gasteiger partial charge in [-0.15, -0.1) is 0 Å². The summed E-state index contributed by atoms with van der Waals surface area (Å²) >= 11 is 0. The van der Waals surface area contributed by atoms with Gasteiger partial charge in [-0.05, 0) is 101 Å². The fourth-order valence-electron chi connectivity index (χ4n) is 11.9. The summed E-state index contributed by atoms with van der Waals surface area (Å²) in [4.78, 5) is 11.6. The number of carbonyl (C=O) groups excluding carboxylic acids is 1. The Hall–Kier alpha value is -0.690. The van der Waals surface area contributed by atoms with Gasteiger partial charge in [-0.25, -0.2) is 0 Å². The van der Waals surface area contributed by atoms with Crippen molar-refractivity contribution < 1.29 is 28.5 Å². The van der Waals surface area contributed by atoms with Crippen LogP contribution in [-0.4, -0.2) is 47.6 Å². The van der Waals surface area contributed by atoms with Crippen molar-refractivity contribution in [1.82, 2.24) is 0 Å². The van der Waals surface area contributed by atoms with Gasteiger partial charge in [0.25, 0.3) is 0 Å². The third kappa shape index (κ3) is 2.44. The maximum absolute atomic E-state index is 11.6. The maximum Gasteiger partial charge on any atom is 0.302 e. The molecular weight excluding hydrogens is 456 g/mol. The number of esters is 1. The molecule has 4 saturated heterocycles. The van der Waals surface area contributed by atoms with Crippen LogP contribution >= 0.6 is 0 Å². The molecule has 6 nitrogen and oxygen atoms in total. The van der Waals surface area contributed by atoms with Gasteiger partial charge in [0.05, 0.1) is 17.8 Å². The van der Waals surface area contributed by atoms with Crippen molar-refractivity contribution in [2.45, 2.75) is 135 Å². The largest absolute Gasteiger partial charge is 0.463 e. The van der Waals surface area contributed by atoms with Crippen molar-refractivity contribution in [3.8, 4) is 0 Å². The summed E-state index contributed by atoms with van der Waals surface area (Å²) < 4.78 is 33.7. The molecule has 8 aliphatic rings. The number of hydrogen-bond acceptors (Lipinski definition) is 6. The second kappa shape index (κ2) is 6.71. The minimum Gasteiger partial charge on any atom is -0.463 e. The molecule has 0 radical (unpaired) electrons. The van der Waals surface area contributed by atoms with Crippen LogP contribution in [0.15, 0.2) is 0 Å². The predicted molar refractivity (Wildman–Crippen MR) is 131 cm³/mol. The van der Waals surface area contributed by atoms with Crippen LogP contribution in [0.1, 0.15) is 92.9 Å². The predicted octanol–water partition coefficient (Wildman–Crippen LogP) is 5.22. The first-order valence-electron chi connectivity index (χ1n) is 14.8. The zero-order valence-electron chi connectivity index (χ0n) is 22.9. The lowest BCUT2D eigenvalue weighted by molar-refractivity contribution is -0.319. The molecule has 2 spiro atoms. The van der Waals surface area contributed by atoms with E-state index in [0.29, 0.717) is 35.5 Å². The van der Waals surface area contributed by atoms with Gasteiger partial charge in [0.2, 0.25) is 0 Å². The highest BCUT2D eigenvalue weighted by Gasteiger charge is 2.86. The molecule has 4 saturated carbocycles. The normalized spacial score (nSPS) is 63.3. The zero-order chi connectivity index (χ0) is 25.0. The Bertz CT molecular complexity index is 1010. The Morgan fingerprint density at radius 3 is 2.50 bits per heavy atom.